The third-order valence-electron chi connectivity index (χ3n) is 4.88. The maximum Gasteiger partial charge on any atom is 0.244 e. The van der Waals surface area contributed by atoms with Crippen molar-refractivity contribution in [1.82, 2.24) is 24.3 Å². The highest BCUT2D eigenvalue weighted by Gasteiger charge is 2.30. The molecule has 29 heavy (non-hydrogen) atoms. The van der Waals surface area contributed by atoms with Gasteiger partial charge >= 0.3 is 0 Å². The Morgan fingerprint density at radius 3 is 2.17 bits per heavy atom. The maximum absolute atomic E-state index is 12.9. The molecule has 3 aromatic rings. The van der Waals surface area contributed by atoms with Gasteiger partial charge in [-0.2, -0.15) is 9.40 Å². The molecule has 1 fully saturated rings. The summed E-state index contributed by atoms with van der Waals surface area (Å²) in [5, 5.41) is 13.0. The van der Waals surface area contributed by atoms with E-state index in [9.17, 15) is 8.42 Å². The van der Waals surface area contributed by atoms with Gasteiger partial charge in [0.15, 0.2) is 11.6 Å². The average Bonchev–Trinajstić information content (AvgIpc) is 3.06. The Balaban J connectivity index is 1.46. The number of aryl methyl sites for hydroxylation is 2. The largest absolute Gasteiger partial charge is 0.352 e. The van der Waals surface area contributed by atoms with E-state index >= 15 is 0 Å². The highest BCUT2D eigenvalue weighted by molar-refractivity contribution is 9.10. The minimum Gasteiger partial charge on any atom is -0.352 e. The Kier molecular flexibility index (Phi) is 5.41. The molecule has 3 heterocycles. The lowest BCUT2D eigenvalue weighted by Gasteiger charge is -2.34. The van der Waals surface area contributed by atoms with E-state index in [1.807, 2.05) is 36.9 Å². The molecule has 1 aliphatic heterocycles. The van der Waals surface area contributed by atoms with Crippen molar-refractivity contribution in [2.45, 2.75) is 18.7 Å². The molecule has 0 unspecified atom stereocenters. The van der Waals surface area contributed by atoms with Gasteiger partial charge in [0.2, 0.25) is 10.0 Å². The highest BCUT2D eigenvalue weighted by atomic mass is 79.9. The lowest BCUT2D eigenvalue weighted by atomic mass is 10.3. The van der Waals surface area contributed by atoms with E-state index in [4.69, 9.17) is 0 Å². The fourth-order valence-electron chi connectivity index (χ4n) is 3.41. The predicted octanol–water partition coefficient (Wildman–Crippen LogP) is 2.55. The van der Waals surface area contributed by atoms with Crippen LogP contribution in [0.1, 0.15) is 11.4 Å². The molecule has 0 N–H and O–H groups in total. The monoisotopic (exact) mass is 476 g/mol. The lowest BCUT2D eigenvalue weighted by Crippen LogP contribution is -2.49. The van der Waals surface area contributed by atoms with Crippen molar-refractivity contribution in [2.24, 2.45) is 0 Å². The van der Waals surface area contributed by atoms with Crippen LogP contribution in [-0.2, 0) is 10.0 Å². The van der Waals surface area contributed by atoms with Crippen LogP contribution in [0, 0.1) is 13.8 Å². The van der Waals surface area contributed by atoms with Gasteiger partial charge in [-0.25, -0.2) is 13.1 Å². The molecule has 0 saturated carbocycles. The summed E-state index contributed by atoms with van der Waals surface area (Å²) in [7, 11) is -3.53. The van der Waals surface area contributed by atoms with Gasteiger partial charge in [0.25, 0.3) is 0 Å². The Labute approximate surface area is 178 Å². The zero-order valence-corrected chi connectivity index (χ0v) is 18.6. The van der Waals surface area contributed by atoms with Crippen LogP contribution >= 0.6 is 15.9 Å². The van der Waals surface area contributed by atoms with Gasteiger partial charge in [0.05, 0.1) is 10.6 Å². The number of anilines is 1. The number of nitrogens with zero attached hydrogens (tertiary/aromatic N) is 6. The summed E-state index contributed by atoms with van der Waals surface area (Å²) in [5.74, 6) is 1.39. The molecule has 1 aromatic carbocycles. The molecule has 0 atom stereocenters. The first kappa shape index (κ1) is 20.0. The van der Waals surface area contributed by atoms with E-state index in [0.717, 1.165) is 17.2 Å². The van der Waals surface area contributed by atoms with Crippen LogP contribution in [0.3, 0.4) is 0 Å². The predicted molar refractivity (Wildman–Crippen MR) is 114 cm³/mol. The van der Waals surface area contributed by atoms with Crippen LogP contribution in [0.15, 0.2) is 51.8 Å². The van der Waals surface area contributed by atoms with Crippen molar-refractivity contribution in [1.29, 1.82) is 0 Å². The molecule has 10 heteroatoms. The van der Waals surface area contributed by atoms with Crippen molar-refractivity contribution >= 4 is 31.8 Å². The van der Waals surface area contributed by atoms with E-state index in [-0.39, 0.29) is 0 Å². The minimum absolute atomic E-state index is 0.294. The molecule has 152 valence electrons. The Morgan fingerprint density at radius 1 is 0.931 bits per heavy atom. The van der Waals surface area contributed by atoms with Gasteiger partial charge in [-0.15, -0.1) is 10.2 Å². The first-order valence-corrected chi connectivity index (χ1v) is 11.5. The topological polar surface area (TPSA) is 84.2 Å². The van der Waals surface area contributed by atoms with Crippen molar-refractivity contribution in [3.05, 3.63) is 58.3 Å². The van der Waals surface area contributed by atoms with Crippen LogP contribution in [0.2, 0.25) is 0 Å². The fourth-order valence-corrected chi connectivity index (χ4v) is 5.80. The fraction of sp³-hybridized carbons (Fsp3) is 0.316. The zero-order chi connectivity index (χ0) is 20.6. The van der Waals surface area contributed by atoms with Gasteiger partial charge in [-0.3, -0.25) is 0 Å². The number of aromatic nitrogens is 4. The second-order valence-electron chi connectivity index (χ2n) is 6.91. The van der Waals surface area contributed by atoms with Crippen LogP contribution < -0.4 is 4.90 Å². The molecule has 0 spiro atoms. The molecule has 2 aromatic heterocycles. The number of piperazine rings is 1. The molecule has 4 rings (SSSR count). The van der Waals surface area contributed by atoms with Crippen LogP contribution in [0.5, 0.6) is 0 Å². The van der Waals surface area contributed by atoms with Crippen LogP contribution in [-0.4, -0.2) is 58.9 Å². The zero-order valence-electron chi connectivity index (χ0n) is 16.2. The first-order valence-electron chi connectivity index (χ1n) is 9.23. The first-order chi connectivity index (χ1) is 13.9. The summed E-state index contributed by atoms with van der Waals surface area (Å²) < 4.78 is 29.7. The number of halogens is 1. The number of hydrogen-bond donors (Lipinski definition) is 0. The summed E-state index contributed by atoms with van der Waals surface area (Å²) in [5.41, 5.74) is 1.92. The minimum atomic E-state index is -3.53. The lowest BCUT2D eigenvalue weighted by molar-refractivity contribution is 0.383. The third-order valence-corrected chi connectivity index (χ3v) is 7.79. The van der Waals surface area contributed by atoms with E-state index < -0.39 is 10.0 Å². The molecule has 1 saturated heterocycles. The van der Waals surface area contributed by atoms with Gasteiger partial charge in [-0.1, -0.05) is 12.1 Å². The summed E-state index contributed by atoms with van der Waals surface area (Å²) in [6.07, 6.45) is 0. The second kappa shape index (κ2) is 7.85. The van der Waals surface area contributed by atoms with Crippen molar-refractivity contribution in [3.63, 3.8) is 0 Å². The smallest absolute Gasteiger partial charge is 0.244 e. The van der Waals surface area contributed by atoms with Crippen molar-refractivity contribution < 1.29 is 8.42 Å². The molecule has 0 aliphatic carbocycles. The third kappa shape index (κ3) is 3.92. The summed E-state index contributed by atoms with van der Waals surface area (Å²) in [4.78, 5) is 2.34. The molecule has 1 aliphatic rings. The van der Waals surface area contributed by atoms with Crippen molar-refractivity contribution in [2.75, 3.05) is 31.1 Å². The standard InChI is InChI=1S/C19H21BrN6O2S/c1-14-13-15(2)26(23-14)19-8-7-18(21-22-19)24-9-11-25(12-10-24)29(27,28)17-6-4-3-5-16(17)20/h3-8,13H,9-12H2,1-2H3. The maximum atomic E-state index is 12.9. The Hall–Kier alpha value is -2.30. The number of rotatable bonds is 4. The van der Waals surface area contributed by atoms with Crippen LogP contribution in [0.4, 0.5) is 5.82 Å². The van der Waals surface area contributed by atoms with Gasteiger partial charge in [-0.05, 0) is 60.1 Å². The van der Waals surface area contributed by atoms with Gasteiger partial charge in [0, 0.05) is 36.3 Å². The van der Waals surface area contributed by atoms with Gasteiger partial charge in [0.1, 0.15) is 0 Å². The average molecular weight is 477 g/mol. The normalized spacial score (nSPS) is 15.6. The quantitative estimate of drug-likeness (QED) is 0.575. The van der Waals surface area contributed by atoms with Crippen LogP contribution in [0.25, 0.3) is 5.82 Å². The summed E-state index contributed by atoms with van der Waals surface area (Å²) in [6.45, 7) is 5.80. The SMILES string of the molecule is Cc1cc(C)n(-c2ccc(N3CCN(S(=O)(=O)c4ccccc4Br)CC3)nn2)n1. The van der Waals surface area contributed by atoms with E-state index in [1.54, 1.807) is 28.9 Å². The van der Waals surface area contributed by atoms with Gasteiger partial charge < -0.3 is 4.90 Å². The molecule has 0 amide bonds. The summed E-state index contributed by atoms with van der Waals surface area (Å²) in [6, 6.07) is 12.7. The Bertz CT molecular complexity index is 1120. The number of hydrogen-bond acceptors (Lipinski definition) is 6. The molecular weight excluding hydrogens is 456 g/mol. The molecule has 0 bridgehead atoms. The number of benzene rings is 1. The highest BCUT2D eigenvalue weighted by Crippen LogP contribution is 2.26. The molecule has 0 radical (unpaired) electrons. The van der Waals surface area contributed by atoms with Crippen molar-refractivity contribution in [3.8, 4) is 5.82 Å². The van der Waals surface area contributed by atoms with E-state index in [2.05, 4.69) is 31.2 Å². The second-order valence-corrected chi connectivity index (χ2v) is 9.67. The van der Waals surface area contributed by atoms with E-state index in [0.29, 0.717) is 41.4 Å². The number of sulfonamides is 1. The Morgan fingerprint density at radius 2 is 1.59 bits per heavy atom. The summed E-state index contributed by atoms with van der Waals surface area (Å²) >= 11 is 3.34. The molecular formula is C19H21BrN6O2S. The molecule has 8 nitrogen and oxygen atoms in total. The van der Waals surface area contributed by atoms with E-state index in [1.165, 1.54) is 4.31 Å².